The van der Waals surface area contributed by atoms with Crippen molar-refractivity contribution in [2.75, 3.05) is 32.7 Å². The van der Waals surface area contributed by atoms with Crippen LogP contribution in [0.1, 0.15) is 18.7 Å². The summed E-state index contributed by atoms with van der Waals surface area (Å²) in [5.41, 5.74) is 0. The van der Waals surface area contributed by atoms with E-state index in [2.05, 4.69) is 51.0 Å². The number of nitrogens with zero attached hydrogens (tertiary/aromatic N) is 2. The number of hydrogen-bond acceptors (Lipinski definition) is 3. The molecule has 96 valence electrons. The highest BCUT2D eigenvalue weighted by atomic mass is 79.9. The van der Waals surface area contributed by atoms with Gasteiger partial charge >= 0.3 is 0 Å². The lowest BCUT2D eigenvalue weighted by atomic mass is 10.2. The minimum absolute atomic E-state index is 0.787. The molecule has 1 aromatic heterocycles. The first-order chi connectivity index (χ1) is 8.13. The summed E-state index contributed by atoms with van der Waals surface area (Å²) in [7, 11) is 0. The predicted octanol–water partition coefficient (Wildman–Crippen LogP) is 3.28. The van der Waals surface area contributed by atoms with Crippen molar-refractivity contribution < 1.29 is 0 Å². The maximum Gasteiger partial charge on any atom is 0.0329 e. The van der Waals surface area contributed by atoms with E-state index in [1.165, 1.54) is 42.1 Å². The van der Waals surface area contributed by atoms with E-state index in [0.717, 1.165) is 12.5 Å². The normalized spacial score (nSPS) is 19.1. The van der Waals surface area contributed by atoms with Crippen LogP contribution in [0.15, 0.2) is 15.9 Å². The Morgan fingerprint density at radius 2 is 1.88 bits per heavy atom. The Morgan fingerprint density at radius 3 is 2.41 bits per heavy atom. The van der Waals surface area contributed by atoms with Crippen molar-refractivity contribution in [2.24, 2.45) is 5.92 Å². The van der Waals surface area contributed by atoms with Crippen LogP contribution in [0.4, 0.5) is 0 Å². The summed E-state index contributed by atoms with van der Waals surface area (Å²) >= 11 is 5.37. The molecule has 1 aliphatic heterocycles. The maximum atomic E-state index is 3.52. The zero-order chi connectivity index (χ0) is 12.3. The van der Waals surface area contributed by atoms with Gasteiger partial charge in [0, 0.05) is 54.0 Å². The average molecular weight is 317 g/mol. The molecular formula is C13H21BrN2S. The van der Waals surface area contributed by atoms with Gasteiger partial charge in [-0.3, -0.25) is 4.90 Å². The Bertz CT molecular complexity index is 343. The third kappa shape index (κ3) is 4.36. The van der Waals surface area contributed by atoms with Crippen LogP contribution >= 0.6 is 27.3 Å². The molecule has 0 N–H and O–H groups in total. The van der Waals surface area contributed by atoms with Crippen LogP contribution in [-0.2, 0) is 6.54 Å². The van der Waals surface area contributed by atoms with Crippen molar-refractivity contribution >= 4 is 27.3 Å². The molecule has 0 amide bonds. The highest BCUT2D eigenvalue weighted by Gasteiger charge is 2.17. The van der Waals surface area contributed by atoms with E-state index < -0.39 is 0 Å². The Labute approximate surface area is 117 Å². The second kappa shape index (κ2) is 6.32. The van der Waals surface area contributed by atoms with Gasteiger partial charge in [0.25, 0.3) is 0 Å². The molecule has 0 unspecified atom stereocenters. The van der Waals surface area contributed by atoms with E-state index in [1.807, 2.05) is 11.3 Å². The van der Waals surface area contributed by atoms with Crippen LogP contribution in [0.3, 0.4) is 0 Å². The third-order valence-electron chi connectivity index (χ3n) is 3.09. The van der Waals surface area contributed by atoms with Gasteiger partial charge in [0.15, 0.2) is 0 Å². The molecule has 17 heavy (non-hydrogen) atoms. The lowest BCUT2D eigenvalue weighted by Gasteiger charge is -2.35. The van der Waals surface area contributed by atoms with Crippen LogP contribution in [0.2, 0.25) is 0 Å². The fourth-order valence-corrected chi connectivity index (χ4v) is 3.80. The lowest BCUT2D eigenvalue weighted by Crippen LogP contribution is -2.46. The summed E-state index contributed by atoms with van der Waals surface area (Å²) in [6.45, 7) is 11.8. The molecule has 1 fully saturated rings. The van der Waals surface area contributed by atoms with E-state index in [9.17, 15) is 0 Å². The largest absolute Gasteiger partial charge is 0.301 e. The third-order valence-corrected chi connectivity index (χ3v) is 4.77. The fourth-order valence-electron chi connectivity index (χ4n) is 2.30. The lowest BCUT2D eigenvalue weighted by molar-refractivity contribution is 0.118. The monoisotopic (exact) mass is 316 g/mol. The second-order valence-electron chi connectivity index (χ2n) is 5.20. The Hall–Kier alpha value is 0.1000. The zero-order valence-corrected chi connectivity index (χ0v) is 13.1. The quantitative estimate of drug-likeness (QED) is 0.841. The van der Waals surface area contributed by atoms with Crippen LogP contribution in [-0.4, -0.2) is 42.5 Å². The summed E-state index contributed by atoms with van der Waals surface area (Å²) in [4.78, 5) is 6.62. The van der Waals surface area contributed by atoms with Crippen molar-refractivity contribution in [3.05, 3.63) is 20.8 Å². The molecule has 4 heteroatoms. The van der Waals surface area contributed by atoms with Crippen LogP contribution in [0, 0.1) is 5.92 Å². The molecule has 0 aliphatic carbocycles. The molecule has 2 rings (SSSR count). The molecule has 2 heterocycles. The minimum Gasteiger partial charge on any atom is -0.301 e. The van der Waals surface area contributed by atoms with Crippen LogP contribution in [0.5, 0.6) is 0 Å². The summed E-state index contributed by atoms with van der Waals surface area (Å²) in [6.07, 6.45) is 0. The molecule has 0 spiro atoms. The Balaban J connectivity index is 1.75. The number of thiophene rings is 1. The van der Waals surface area contributed by atoms with E-state index in [0.29, 0.717) is 0 Å². The van der Waals surface area contributed by atoms with E-state index in [-0.39, 0.29) is 0 Å². The average Bonchev–Trinajstić information content (AvgIpc) is 2.66. The second-order valence-corrected chi connectivity index (χ2v) is 7.11. The summed E-state index contributed by atoms with van der Waals surface area (Å²) in [6, 6.07) is 2.24. The van der Waals surface area contributed by atoms with Crippen molar-refractivity contribution in [1.82, 2.24) is 9.80 Å². The van der Waals surface area contributed by atoms with Crippen LogP contribution in [0.25, 0.3) is 0 Å². The summed E-state index contributed by atoms with van der Waals surface area (Å²) in [5, 5.41) is 2.17. The van der Waals surface area contributed by atoms with Crippen molar-refractivity contribution in [3.63, 3.8) is 0 Å². The number of rotatable bonds is 4. The van der Waals surface area contributed by atoms with Crippen molar-refractivity contribution in [2.45, 2.75) is 20.4 Å². The Kier molecular flexibility index (Phi) is 5.03. The summed E-state index contributed by atoms with van der Waals surface area (Å²) < 4.78 is 1.22. The van der Waals surface area contributed by atoms with Crippen molar-refractivity contribution in [3.8, 4) is 0 Å². The van der Waals surface area contributed by atoms with Gasteiger partial charge in [-0.05, 0) is 27.9 Å². The molecule has 0 saturated carbocycles. The first-order valence-corrected chi connectivity index (χ1v) is 7.98. The minimum atomic E-state index is 0.787. The van der Waals surface area contributed by atoms with Gasteiger partial charge in [-0.25, -0.2) is 0 Å². The highest BCUT2D eigenvalue weighted by molar-refractivity contribution is 9.10. The summed E-state index contributed by atoms with van der Waals surface area (Å²) in [5.74, 6) is 0.787. The molecule has 0 radical (unpaired) electrons. The maximum absolute atomic E-state index is 3.52. The fraction of sp³-hybridized carbons (Fsp3) is 0.692. The van der Waals surface area contributed by atoms with E-state index in [1.54, 1.807) is 0 Å². The number of halogens is 1. The molecule has 2 nitrogen and oxygen atoms in total. The molecule has 0 atom stereocenters. The Morgan fingerprint density at radius 1 is 1.24 bits per heavy atom. The first-order valence-electron chi connectivity index (χ1n) is 6.31. The molecular weight excluding hydrogens is 296 g/mol. The standard InChI is InChI=1S/C13H21BrN2S/c1-11(2)8-15-3-5-16(6-4-15)9-13-7-12(14)10-17-13/h7,10-11H,3-6,8-9H2,1-2H3. The topological polar surface area (TPSA) is 6.48 Å². The van der Waals surface area contributed by atoms with E-state index >= 15 is 0 Å². The van der Waals surface area contributed by atoms with Crippen LogP contribution < -0.4 is 0 Å². The van der Waals surface area contributed by atoms with Gasteiger partial charge in [0.1, 0.15) is 0 Å². The predicted molar refractivity (Wildman–Crippen MR) is 78.6 cm³/mol. The number of hydrogen-bond donors (Lipinski definition) is 0. The van der Waals surface area contributed by atoms with Gasteiger partial charge in [0.05, 0.1) is 0 Å². The van der Waals surface area contributed by atoms with Gasteiger partial charge in [-0.2, -0.15) is 0 Å². The molecule has 1 aliphatic rings. The van der Waals surface area contributed by atoms with Gasteiger partial charge < -0.3 is 4.90 Å². The van der Waals surface area contributed by atoms with Gasteiger partial charge in [0.2, 0.25) is 0 Å². The zero-order valence-electron chi connectivity index (χ0n) is 10.7. The van der Waals surface area contributed by atoms with Gasteiger partial charge in [-0.15, -0.1) is 11.3 Å². The molecule has 0 bridgehead atoms. The molecule has 1 aromatic rings. The molecule has 1 saturated heterocycles. The number of piperazine rings is 1. The highest BCUT2D eigenvalue weighted by Crippen LogP contribution is 2.21. The van der Waals surface area contributed by atoms with Gasteiger partial charge in [-0.1, -0.05) is 13.8 Å². The molecule has 0 aromatic carbocycles. The smallest absolute Gasteiger partial charge is 0.0329 e. The SMILES string of the molecule is CC(C)CN1CCN(Cc2cc(Br)cs2)CC1. The first kappa shape index (κ1) is 13.5. The van der Waals surface area contributed by atoms with E-state index in [4.69, 9.17) is 0 Å². The van der Waals surface area contributed by atoms with Crippen molar-refractivity contribution in [1.29, 1.82) is 0 Å².